The van der Waals surface area contributed by atoms with Gasteiger partial charge in [-0.3, -0.25) is 4.79 Å². The molecule has 0 spiro atoms. The molecule has 0 fully saturated rings. The molecule has 1 aromatic heterocycles. The Kier molecular flexibility index (Phi) is 4.45. The summed E-state index contributed by atoms with van der Waals surface area (Å²) in [5.41, 5.74) is 2.74. The molecule has 0 saturated carbocycles. The van der Waals surface area contributed by atoms with Crippen molar-refractivity contribution in [3.8, 4) is 5.75 Å². The highest BCUT2D eigenvalue weighted by molar-refractivity contribution is 7.99. The van der Waals surface area contributed by atoms with Gasteiger partial charge >= 0.3 is 0 Å². The molecular weight excluding hydrogens is 270 g/mol. The maximum Gasteiger partial charge on any atom is 0.164 e. The Hall–Kier alpha value is -1.81. The monoisotopic (exact) mass is 287 g/mol. The number of hydrogen-bond acceptors (Lipinski definition) is 4. The molecule has 0 atom stereocenters. The second kappa shape index (κ2) is 6.09. The van der Waals surface area contributed by atoms with Gasteiger partial charge < -0.3 is 4.74 Å². The molecule has 2 aromatic rings. The van der Waals surface area contributed by atoms with E-state index in [-0.39, 0.29) is 5.78 Å². The number of ether oxygens (including phenoxy) is 1. The fraction of sp³-hybridized carbons (Fsp3) is 0.250. The summed E-state index contributed by atoms with van der Waals surface area (Å²) in [6, 6.07) is 9.65. The van der Waals surface area contributed by atoms with Crippen molar-refractivity contribution in [2.45, 2.75) is 30.7 Å². The Morgan fingerprint density at radius 3 is 2.60 bits per heavy atom. The van der Waals surface area contributed by atoms with Gasteiger partial charge in [0, 0.05) is 10.6 Å². The highest BCUT2D eigenvalue weighted by Gasteiger charge is 2.15. The van der Waals surface area contributed by atoms with Gasteiger partial charge in [-0.2, -0.15) is 0 Å². The Morgan fingerprint density at radius 2 is 2.00 bits per heavy atom. The van der Waals surface area contributed by atoms with Crippen LogP contribution in [0.5, 0.6) is 5.75 Å². The highest BCUT2D eigenvalue weighted by atomic mass is 32.2. The molecule has 0 radical (unpaired) electrons. The molecule has 2 rings (SSSR count). The van der Waals surface area contributed by atoms with Crippen LogP contribution in [0.25, 0.3) is 0 Å². The Balaban J connectivity index is 2.45. The summed E-state index contributed by atoms with van der Waals surface area (Å²) in [4.78, 5) is 17.2. The van der Waals surface area contributed by atoms with Gasteiger partial charge in [-0.1, -0.05) is 17.8 Å². The molecule has 1 heterocycles. The SMILES string of the molecule is COc1cccc(Sc2cc(C)cc(C)n2)c1C(C)=O. The van der Waals surface area contributed by atoms with Gasteiger partial charge in [-0.15, -0.1) is 0 Å². The number of carbonyl (C=O) groups is 1. The van der Waals surface area contributed by atoms with Crippen molar-refractivity contribution in [1.29, 1.82) is 0 Å². The van der Waals surface area contributed by atoms with Crippen LogP contribution in [0.3, 0.4) is 0 Å². The quantitative estimate of drug-likeness (QED) is 0.795. The van der Waals surface area contributed by atoms with Gasteiger partial charge in [-0.05, 0) is 50.6 Å². The lowest BCUT2D eigenvalue weighted by Crippen LogP contribution is -2.00. The first-order valence-electron chi connectivity index (χ1n) is 6.32. The average molecular weight is 287 g/mol. The zero-order valence-corrected chi connectivity index (χ0v) is 12.9. The molecule has 0 saturated heterocycles. The molecule has 1 aromatic carbocycles. The Morgan fingerprint density at radius 1 is 1.25 bits per heavy atom. The summed E-state index contributed by atoms with van der Waals surface area (Å²) in [6.45, 7) is 5.56. The van der Waals surface area contributed by atoms with E-state index in [1.165, 1.54) is 11.8 Å². The molecule has 0 aliphatic heterocycles. The number of rotatable bonds is 4. The van der Waals surface area contributed by atoms with Crippen LogP contribution in [0.2, 0.25) is 0 Å². The molecule has 104 valence electrons. The molecule has 0 unspecified atom stereocenters. The predicted molar refractivity (Wildman–Crippen MR) is 80.8 cm³/mol. The number of carbonyl (C=O) groups excluding carboxylic acids is 1. The minimum atomic E-state index is -0.00525. The third-order valence-electron chi connectivity index (χ3n) is 2.85. The van der Waals surface area contributed by atoms with Crippen LogP contribution in [0.4, 0.5) is 0 Å². The fourth-order valence-electron chi connectivity index (χ4n) is 2.08. The van der Waals surface area contributed by atoms with E-state index in [9.17, 15) is 4.79 Å². The van der Waals surface area contributed by atoms with Crippen molar-refractivity contribution in [3.05, 3.63) is 47.2 Å². The number of hydrogen-bond donors (Lipinski definition) is 0. The normalized spacial score (nSPS) is 10.4. The first-order chi connectivity index (χ1) is 9.51. The third kappa shape index (κ3) is 3.20. The van der Waals surface area contributed by atoms with Gasteiger partial charge in [0.15, 0.2) is 5.78 Å². The van der Waals surface area contributed by atoms with Crippen LogP contribution in [-0.4, -0.2) is 17.9 Å². The third-order valence-corrected chi connectivity index (χ3v) is 3.83. The predicted octanol–water partition coefficient (Wildman–Crippen LogP) is 4.06. The molecular formula is C16H17NO2S. The van der Waals surface area contributed by atoms with Crippen LogP contribution in [0.1, 0.15) is 28.5 Å². The van der Waals surface area contributed by atoms with Crippen LogP contribution in [0.15, 0.2) is 40.3 Å². The van der Waals surface area contributed by atoms with E-state index >= 15 is 0 Å². The van der Waals surface area contributed by atoms with E-state index in [1.54, 1.807) is 20.1 Å². The standard InChI is InChI=1S/C16H17NO2S/c1-10-8-11(2)17-15(9-10)20-14-7-5-6-13(19-4)16(14)12(3)18/h5-9H,1-4H3. The van der Waals surface area contributed by atoms with Crippen LogP contribution < -0.4 is 4.74 Å². The van der Waals surface area contributed by atoms with Crippen LogP contribution in [-0.2, 0) is 0 Å². The van der Waals surface area contributed by atoms with E-state index in [4.69, 9.17) is 4.74 Å². The molecule has 20 heavy (non-hydrogen) atoms. The van der Waals surface area contributed by atoms with Gasteiger partial charge in [-0.25, -0.2) is 4.98 Å². The van der Waals surface area contributed by atoms with E-state index < -0.39 is 0 Å². The summed E-state index contributed by atoms with van der Waals surface area (Å²) >= 11 is 1.49. The van der Waals surface area contributed by atoms with E-state index in [2.05, 4.69) is 4.98 Å². The number of methoxy groups -OCH3 is 1. The number of Topliss-reactive ketones (excluding diaryl/α,β-unsaturated/α-hetero) is 1. The second-order valence-corrected chi connectivity index (χ2v) is 5.68. The van der Waals surface area contributed by atoms with E-state index in [0.717, 1.165) is 21.2 Å². The lowest BCUT2D eigenvalue weighted by atomic mass is 10.1. The van der Waals surface area contributed by atoms with Crippen molar-refractivity contribution >= 4 is 17.5 Å². The van der Waals surface area contributed by atoms with Crippen molar-refractivity contribution in [2.75, 3.05) is 7.11 Å². The number of ketones is 1. The largest absolute Gasteiger partial charge is 0.496 e. The summed E-state index contributed by atoms with van der Waals surface area (Å²) in [5.74, 6) is 0.598. The number of benzene rings is 1. The zero-order chi connectivity index (χ0) is 14.7. The summed E-state index contributed by atoms with van der Waals surface area (Å²) in [7, 11) is 1.57. The lowest BCUT2D eigenvalue weighted by Gasteiger charge is -2.11. The lowest BCUT2D eigenvalue weighted by molar-refractivity contribution is 0.101. The topological polar surface area (TPSA) is 39.2 Å². The number of nitrogens with zero attached hydrogens (tertiary/aromatic N) is 1. The number of aryl methyl sites for hydroxylation is 2. The van der Waals surface area contributed by atoms with E-state index in [0.29, 0.717) is 11.3 Å². The number of pyridine rings is 1. The zero-order valence-electron chi connectivity index (χ0n) is 12.1. The van der Waals surface area contributed by atoms with Crippen molar-refractivity contribution in [1.82, 2.24) is 4.98 Å². The molecule has 0 aliphatic rings. The molecule has 4 heteroatoms. The average Bonchev–Trinajstić information content (AvgIpc) is 2.36. The molecule has 3 nitrogen and oxygen atoms in total. The van der Waals surface area contributed by atoms with Gasteiger partial charge in [0.2, 0.25) is 0 Å². The summed E-state index contributed by atoms with van der Waals surface area (Å²) in [6.07, 6.45) is 0. The summed E-state index contributed by atoms with van der Waals surface area (Å²) in [5, 5.41) is 0.887. The van der Waals surface area contributed by atoms with Crippen LogP contribution in [0, 0.1) is 13.8 Å². The first-order valence-corrected chi connectivity index (χ1v) is 7.14. The maximum absolute atomic E-state index is 11.9. The van der Waals surface area contributed by atoms with Crippen molar-refractivity contribution in [2.24, 2.45) is 0 Å². The molecule has 0 bridgehead atoms. The first kappa shape index (κ1) is 14.6. The molecule has 0 N–H and O–H groups in total. The molecule has 0 aliphatic carbocycles. The number of aromatic nitrogens is 1. The van der Waals surface area contributed by atoms with Gasteiger partial charge in [0.1, 0.15) is 10.8 Å². The van der Waals surface area contributed by atoms with Crippen molar-refractivity contribution in [3.63, 3.8) is 0 Å². The minimum absolute atomic E-state index is 0.00525. The van der Waals surface area contributed by atoms with Gasteiger partial charge in [0.25, 0.3) is 0 Å². The fourth-order valence-corrected chi connectivity index (χ4v) is 3.24. The maximum atomic E-state index is 11.9. The Labute approximate surface area is 123 Å². The highest BCUT2D eigenvalue weighted by Crippen LogP contribution is 2.34. The minimum Gasteiger partial charge on any atom is -0.496 e. The Bertz CT molecular complexity index is 633. The van der Waals surface area contributed by atoms with Crippen molar-refractivity contribution < 1.29 is 9.53 Å². The van der Waals surface area contributed by atoms with Gasteiger partial charge in [0.05, 0.1) is 12.7 Å². The second-order valence-electron chi connectivity index (χ2n) is 4.62. The summed E-state index contributed by atoms with van der Waals surface area (Å²) < 4.78 is 5.28. The molecule has 0 amide bonds. The smallest absolute Gasteiger partial charge is 0.164 e. The van der Waals surface area contributed by atoms with E-state index in [1.807, 2.05) is 38.1 Å². The van der Waals surface area contributed by atoms with Crippen LogP contribution >= 0.6 is 11.8 Å².